The zero-order chi connectivity index (χ0) is 14.2. The van der Waals surface area contributed by atoms with Crippen molar-refractivity contribution < 1.29 is 27.1 Å². The second-order valence-electron chi connectivity index (χ2n) is 4.19. The van der Waals surface area contributed by atoms with Gasteiger partial charge in [0.15, 0.2) is 0 Å². The van der Waals surface area contributed by atoms with Gasteiger partial charge in [-0.1, -0.05) is 0 Å². The van der Waals surface area contributed by atoms with Gasteiger partial charge in [0.1, 0.15) is 11.9 Å². The summed E-state index contributed by atoms with van der Waals surface area (Å²) >= 11 is 0. The van der Waals surface area contributed by atoms with E-state index in [1.807, 2.05) is 0 Å². The predicted octanol–water partition coefficient (Wildman–Crippen LogP) is 0.337. The Labute approximate surface area is 109 Å². The molecule has 1 fully saturated rings. The van der Waals surface area contributed by atoms with Gasteiger partial charge in [-0.05, 0) is 19.1 Å². The number of ether oxygens (including phenoxy) is 2. The van der Waals surface area contributed by atoms with Crippen LogP contribution in [0.2, 0.25) is 0 Å². The van der Waals surface area contributed by atoms with Gasteiger partial charge in [0.2, 0.25) is 10.0 Å². The van der Waals surface area contributed by atoms with E-state index in [9.17, 15) is 17.6 Å². The average Bonchev–Trinajstić information content (AvgIpc) is 2.25. The Balaban J connectivity index is 2.36. The van der Waals surface area contributed by atoms with Crippen molar-refractivity contribution >= 4 is 16.0 Å². The van der Waals surface area contributed by atoms with Crippen LogP contribution in [0.3, 0.4) is 0 Å². The molecule has 1 aromatic rings. The molecule has 8 heteroatoms. The molecule has 1 aliphatic heterocycles. The van der Waals surface area contributed by atoms with Gasteiger partial charge in [-0.25, -0.2) is 22.7 Å². The van der Waals surface area contributed by atoms with Crippen molar-refractivity contribution in [1.29, 1.82) is 0 Å². The third kappa shape index (κ3) is 2.91. The summed E-state index contributed by atoms with van der Waals surface area (Å²) < 4.78 is 46.0. The minimum absolute atomic E-state index is 0.133. The quantitative estimate of drug-likeness (QED) is 0.809. The number of carbonyl (C=O) groups is 1. The van der Waals surface area contributed by atoms with Crippen LogP contribution in [-0.4, -0.2) is 33.7 Å². The normalized spacial score (nSPS) is 15.9. The van der Waals surface area contributed by atoms with Crippen molar-refractivity contribution in [1.82, 2.24) is 0 Å². The SMILES string of the molecule is Cc1c(F)cc(C(=O)OC2COC2)cc1S(N)(=O)=O. The summed E-state index contributed by atoms with van der Waals surface area (Å²) in [6.07, 6.45) is -0.380. The Morgan fingerprint density at radius 2 is 2.11 bits per heavy atom. The molecule has 0 radical (unpaired) electrons. The van der Waals surface area contributed by atoms with Gasteiger partial charge in [0.05, 0.1) is 23.7 Å². The number of esters is 1. The summed E-state index contributed by atoms with van der Waals surface area (Å²) in [5, 5.41) is 4.97. The molecular weight excluding hydrogens is 277 g/mol. The molecule has 0 unspecified atom stereocenters. The summed E-state index contributed by atoms with van der Waals surface area (Å²) in [6, 6.07) is 1.93. The second kappa shape index (κ2) is 4.87. The lowest BCUT2D eigenvalue weighted by Crippen LogP contribution is -2.37. The standard InChI is InChI=1S/C11H12FNO5S/c1-6-9(12)2-7(3-10(6)19(13,15)16)11(14)18-8-4-17-5-8/h2-3,8H,4-5H2,1H3,(H2,13,15,16). The van der Waals surface area contributed by atoms with E-state index in [2.05, 4.69) is 0 Å². The number of hydrogen-bond donors (Lipinski definition) is 1. The number of rotatable bonds is 3. The zero-order valence-electron chi connectivity index (χ0n) is 10.1. The molecule has 0 saturated carbocycles. The maximum atomic E-state index is 13.6. The Hall–Kier alpha value is -1.51. The number of carbonyl (C=O) groups excluding carboxylic acids is 1. The zero-order valence-corrected chi connectivity index (χ0v) is 10.9. The molecule has 0 bridgehead atoms. The lowest BCUT2D eigenvalue weighted by atomic mass is 10.1. The largest absolute Gasteiger partial charge is 0.454 e. The number of hydrogen-bond acceptors (Lipinski definition) is 5. The minimum atomic E-state index is -4.10. The van der Waals surface area contributed by atoms with Crippen molar-refractivity contribution in [3.8, 4) is 0 Å². The first-order valence-corrected chi connectivity index (χ1v) is 6.95. The third-order valence-corrected chi connectivity index (χ3v) is 3.76. The van der Waals surface area contributed by atoms with Gasteiger partial charge in [0.25, 0.3) is 0 Å². The van der Waals surface area contributed by atoms with Crippen LogP contribution in [0, 0.1) is 12.7 Å². The lowest BCUT2D eigenvalue weighted by Gasteiger charge is -2.25. The molecule has 0 atom stereocenters. The highest BCUT2D eigenvalue weighted by Gasteiger charge is 2.25. The molecule has 0 aromatic heterocycles. The first-order valence-electron chi connectivity index (χ1n) is 5.40. The van der Waals surface area contributed by atoms with Crippen LogP contribution in [0.1, 0.15) is 15.9 Å². The molecule has 0 aliphatic carbocycles. The van der Waals surface area contributed by atoms with E-state index in [4.69, 9.17) is 14.6 Å². The number of primary sulfonamides is 1. The van der Waals surface area contributed by atoms with Crippen LogP contribution >= 0.6 is 0 Å². The fourth-order valence-corrected chi connectivity index (χ4v) is 2.38. The molecule has 6 nitrogen and oxygen atoms in total. The van der Waals surface area contributed by atoms with Crippen molar-refractivity contribution in [3.63, 3.8) is 0 Å². The Kier molecular flexibility index (Phi) is 3.57. The van der Waals surface area contributed by atoms with E-state index in [1.54, 1.807) is 0 Å². The molecule has 19 heavy (non-hydrogen) atoms. The molecular formula is C11H12FNO5S. The van der Waals surface area contributed by atoms with Gasteiger partial charge in [-0.2, -0.15) is 0 Å². The van der Waals surface area contributed by atoms with E-state index >= 15 is 0 Å². The molecule has 2 rings (SSSR count). The first kappa shape index (κ1) is 13.9. The lowest BCUT2D eigenvalue weighted by molar-refractivity contribution is -0.103. The molecule has 1 saturated heterocycles. The van der Waals surface area contributed by atoms with Crippen molar-refractivity contribution in [3.05, 3.63) is 29.1 Å². The Bertz CT molecular complexity index is 624. The monoisotopic (exact) mass is 289 g/mol. The summed E-state index contributed by atoms with van der Waals surface area (Å²) in [5.41, 5.74) is -0.329. The van der Waals surface area contributed by atoms with Crippen molar-refractivity contribution in [2.24, 2.45) is 5.14 Å². The Morgan fingerprint density at radius 1 is 1.47 bits per heavy atom. The van der Waals surface area contributed by atoms with E-state index in [1.165, 1.54) is 6.92 Å². The summed E-state index contributed by atoms with van der Waals surface area (Å²) in [5.74, 6) is -1.64. The van der Waals surface area contributed by atoms with Crippen molar-refractivity contribution in [2.45, 2.75) is 17.9 Å². The highest BCUT2D eigenvalue weighted by atomic mass is 32.2. The van der Waals surface area contributed by atoms with Crippen LogP contribution in [0.15, 0.2) is 17.0 Å². The van der Waals surface area contributed by atoms with E-state index in [0.29, 0.717) is 0 Å². The third-order valence-electron chi connectivity index (χ3n) is 2.72. The van der Waals surface area contributed by atoms with Crippen LogP contribution in [0.25, 0.3) is 0 Å². The van der Waals surface area contributed by atoms with Gasteiger partial charge >= 0.3 is 5.97 Å². The highest BCUT2D eigenvalue weighted by molar-refractivity contribution is 7.89. The number of halogens is 1. The number of sulfonamides is 1. The van der Waals surface area contributed by atoms with Crippen molar-refractivity contribution in [2.75, 3.05) is 13.2 Å². The number of benzene rings is 1. The molecule has 0 spiro atoms. The molecule has 2 N–H and O–H groups in total. The number of nitrogens with two attached hydrogens (primary N) is 1. The minimum Gasteiger partial charge on any atom is -0.454 e. The summed E-state index contributed by atoms with van der Waals surface area (Å²) in [6.45, 7) is 1.83. The van der Waals surface area contributed by atoms with Gasteiger partial charge in [-0.15, -0.1) is 0 Å². The fourth-order valence-electron chi connectivity index (χ4n) is 1.57. The van der Waals surface area contributed by atoms with E-state index in [0.717, 1.165) is 12.1 Å². The van der Waals surface area contributed by atoms with Gasteiger partial charge < -0.3 is 9.47 Å². The molecule has 1 aliphatic rings. The van der Waals surface area contributed by atoms with Crippen LogP contribution < -0.4 is 5.14 Å². The van der Waals surface area contributed by atoms with Crippen LogP contribution in [0.5, 0.6) is 0 Å². The fraction of sp³-hybridized carbons (Fsp3) is 0.364. The molecule has 1 aromatic carbocycles. The maximum Gasteiger partial charge on any atom is 0.338 e. The molecule has 0 amide bonds. The topological polar surface area (TPSA) is 95.7 Å². The Morgan fingerprint density at radius 3 is 2.58 bits per heavy atom. The van der Waals surface area contributed by atoms with Crippen LogP contribution in [0.4, 0.5) is 4.39 Å². The summed E-state index contributed by atoms with van der Waals surface area (Å²) in [4.78, 5) is 11.3. The van der Waals surface area contributed by atoms with Gasteiger partial charge in [0, 0.05) is 5.56 Å². The maximum absolute atomic E-state index is 13.6. The molecule has 104 valence electrons. The van der Waals surface area contributed by atoms with E-state index < -0.39 is 26.7 Å². The predicted molar refractivity (Wildman–Crippen MR) is 62.5 cm³/mol. The average molecular weight is 289 g/mol. The summed E-state index contributed by atoms with van der Waals surface area (Å²) in [7, 11) is -4.10. The second-order valence-corrected chi connectivity index (χ2v) is 5.72. The van der Waals surface area contributed by atoms with Crippen LogP contribution in [-0.2, 0) is 19.5 Å². The molecule has 1 heterocycles. The first-order chi connectivity index (χ1) is 8.79. The smallest absolute Gasteiger partial charge is 0.338 e. The highest BCUT2D eigenvalue weighted by Crippen LogP contribution is 2.21. The van der Waals surface area contributed by atoms with E-state index in [-0.39, 0.29) is 30.4 Å². The van der Waals surface area contributed by atoms with Gasteiger partial charge in [-0.3, -0.25) is 0 Å².